The summed E-state index contributed by atoms with van der Waals surface area (Å²) in [6, 6.07) is 3.00. The molecule has 1 unspecified atom stereocenters. The highest BCUT2D eigenvalue weighted by Gasteiger charge is 2.34. The molecule has 0 aliphatic carbocycles. The first-order valence-corrected chi connectivity index (χ1v) is 6.86. The van der Waals surface area contributed by atoms with E-state index in [1.807, 2.05) is 17.5 Å². The molecule has 3 heterocycles. The molecule has 1 aliphatic rings. The molecule has 0 saturated heterocycles. The van der Waals surface area contributed by atoms with Gasteiger partial charge in [0.2, 0.25) is 0 Å². The van der Waals surface area contributed by atoms with Crippen molar-refractivity contribution in [2.24, 2.45) is 0 Å². The van der Waals surface area contributed by atoms with E-state index in [9.17, 15) is 9.90 Å². The molecule has 7 heteroatoms. The van der Waals surface area contributed by atoms with Crippen LogP contribution in [-0.4, -0.2) is 27.6 Å². The van der Waals surface area contributed by atoms with E-state index in [0.29, 0.717) is 12.4 Å². The van der Waals surface area contributed by atoms with E-state index in [-0.39, 0.29) is 5.69 Å². The van der Waals surface area contributed by atoms with Crippen LogP contribution in [0.3, 0.4) is 0 Å². The highest BCUT2D eigenvalue weighted by Crippen LogP contribution is 2.35. The summed E-state index contributed by atoms with van der Waals surface area (Å²) in [5, 5.41) is 20.1. The molecule has 1 N–H and O–H groups in total. The fourth-order valence-corrected chi connectivity index (χ4v) is 3.26. The number of rotatable bonds is 2. The zero-order valence-electron chi connectivity index (χ0n) is 10.4. The van der Waals surface area contributed by atoms with Crippen molar-refractivity contribution in [3.63, 3.8) is 0 Å². The van der Waals surface area contributed by atoms with E-state index < -0.39 is 12.0 Å². The Morgan fingerprint density at radius 2 is 2.35 bits per heavy atom. The molecule has 1 aliphatic heterocycles. The van der Waals surface area contributed by atoms with Crippen LogP contribution in [-0.2, 0) is 11.2 Å². The van der Waals surface area contributed by atoms with Crippen LogP contribution in [0.4, 0.5) is 5.82 Å². The van der Waals surface area contributed by atoms with Crippen LogP contribution >= 0.6 is 11.3 Å². The van der Waals surface area contributed by atoms with Crippen molar-refractivity contribution in [2.75, 3.05) is 11.4 Å². The lowest BCUT2D eigenvalue weighted by Gasteiger charge is -2.33. The largest absolute Gasteiger partial charge is 0.479 e. The van der Waals surface area contributed by atoms with Gasteiger partial charge in [0, 0.05) is 11.4 Å². The molecule has 0 fully saturated rings. The molecule has 0 bridgehead atoms. The van der Waals surface area contributed by atoms with Gasteiger partial charge < -0.3 is 10.0 Å². The first-order valence-electron chi connectivity index (χ1n) is 5.98. The van der Waals surface area contributed by atoms with Crippen molar-refractivity contribution in [1.82, 2.24) is 9.97 Å². The number of nitriles is 1. The van der Waals surface area contributed by atoms with Crippen LogP contribution in [0.15, 0.2) is 23.8 Å². The van der Waals surface area contributed by atoms with Gasteiger partial charge in [-0.2, -0.15) is 5.26 Å². The smallest absolute Gasteiger partial charge is 0.331 e. The molecule has 1 atom stereocenters. The Labute approximate surface area is 118 Å². The quantitative estimate of drug-likeness (QED) is 0.901. The molecule has 6 nitrogen and oxygen atoms in total. The van der Waals surface area contributed by atoms with Crippen LogP contribution in [0.2, 0.25) is 0 Å². The summed E-state index contributed by atoms with van der Waals surface area (Å²) < 4.78 is 0. The number of nitrogens with zero attached hydrogens (tertiary/aromatic N) is 4. The monoisotopic (exact) mass is 286 g/mol. The van der Waals surface area contributed by atoms with Crippen molar-refractivity contribution in [1.29, 1.82) is 5.26 Å². The first kappa shape index (κ1) is 12.6. The van der Waals surface area contributed by atoms with Gasteiger partial charge in [0.25, 0.3) is 0 Å². The molecule has 0 radical (unpaired) electrons. The van der Waals surface area contributed by atoms with Gasteiger partial charge in [0.15, 0.2) is 11.7 Å². The third kappa shape index (κ3) is 2.00. The highest BCUT2D eigenvalue weighted by molar-refractivity contribution is 7.10. The molecule has 2 aromatic heterocycles. The number of carbonyl (C=O) groups is 1. The highest BCUT2D eigenvalue weighted by atomic mass is 32.1. The van der Waals surface area contributed by atoms with Crippen LogP contribution in [0.25, 0.3) is 0 Å². The number of thiophene rings is 1. The molecule has 0 spiro atoms. The van der Waals surface area contributed by atoms with Crippen molar-refractivity contribution in [3.8, 4) is 6.07 Å². The maximum absolute atomic E-state index is 11.6. The number of carboxylic acid groups (broad SMARTS) is 1. The third-order valence-corrected chi connectivity index (χ3v) is 4.24. The predicted octanol–water partition coefficient (Wildman–Crippen LogP) is 1.60. The summed E-state index contributed by atoms with van der Waals surface area (Å²) in [5.41, 5.74) is 1.04. The van der Waals surface area contributed by atoms with Crippen molar-refractivity contribution < 1.29 is 9.90 Å². The summed E-state index contributed by atoms with van der Waals surface area (Å²) in [4.78, 5) is 22.5. The van der Waals surface area contributed by atoms with E-state index in [4.69, 9.17) is 5.26 Å². The number of aliphatic carboxylic acids is 1. The van der Waals surface area contributed by atoms with Gasteiger partial charge in [-0.15, -0.1) is 11.3 Å². The fourth-order valence-electron chi connectivity index (χ4n) is 2.36. The maximum atomic E-state index is 11.6. The molecule has 3 rings (SSSR count). The number of hydrogen-bond donors (Lipinski definition) is 1. The molecule has 0 saturated carbocycles. The lowest BCUT2D eigenvalue weighted by molar-refractivity contribution is -0.138. The second kappa shape index (κ2) is 4.90. The lowest BCUT2D eigenvalue weighted by Crippen LogP contribution is -2.39. The Kier molecular flexibility index (Phi) is 3.08. The standard InChI is InChI=1S/C13H10N4O2S/c14-5-8-6-16-11(7-15-8)17-3-1-10-9(2-4-20-10)12(17)13(18)19/h2,4,6-7,12H,1,3H2,(H,18,19). The summed E-state index contributed by atoms with van der Waals surface area (Å²) in [5.74, 6) is -0.427. The number of anilines is 1. The molecule has 0 aromatic carbocycles. The SMILES string of the molecule is N#Cc1cnc(N2CCc3sccc3C2C(=O)O)cn1. The third-order valence-electron chi connectivity index (χ3n) is 3.25. The molecular formula is C13H10N4O2S. The first-order chi connectivity index (χ1) is 9.70. The molecule has 2 aromatic rings. The van der Waals surface area contributed by atoms with E-state index in [0.717, 1.165) is 16.9 Å². The second-order valence-electron chi connectivity index (χ2n) is 4.35. The van der Waals surface area contributed by atoms with E-state index >= 15 is 0 Å². The minimum Gasteiger partial charge on any atom is -0.479 e. The fraction of sp³-hybridized carbons (Fsp3) is 0.231. The molecular weight excluding hydrogens is 276 g/mol. The Balaban J connectivity index is 2.00. The lowest BCUT2D eigenvalue weighted by atomic mass is 10.0. The second-order valence-corrected chi connectivity index (χ2v) is 5.36. The zero-order valence-corrected chi connectivity index (χ0v) is 11.2. The topological polar surface area (TPSA) is 90.1 Å². The summed E-state index contributed by atoms with van der Waals surface area (Å²) in [7, 11) is 0. The van der Waals surface area contributed by atoms with Crippen LogP contribution in [0.5, 0.6) is 0 Å². The number of carboxylic acids is 1. The summed E-state index contributed by atoms with van der Waals surface area (Å²) in [6.45, 7) is 0.574. The normalized spacial score (nSPS) is 17.4. The van der Waals surface area contributed by atoms with Crippen molar-refractivity contribution in [3.05, 3.63) is 40.0 Å². The summed E-state index contributed by atoms with van der Waals surface area (Å²) in [6.07, 6.45) is 3.60. The van der Waals surface area contributed by atoms with Gasteiger partial charge in [-0.1, -0.05) is 0 Å². The van der Waals surface area contributed by atoms with Crippen molar-refractivity contribution >= 4 is 23.1 Å². The maximum Gasteiger partial charge on any atom is 0.331 e. The van der Waals surface area contributed by atoms with Gasteiger partial charge in [0.1, 0.15) is 11.9 Å². The summed E-state index contributed by atoms with van der Waals surface area (Å²) >= 11 is 1.58. The number of fused-ring (bicyclic) bond motifs is 1. The number of hydrogen-bond acceptors (Lipinski definition) is 6. The Morgan fingerprint density at radius 1 is 1.50 bits per heavy atom. The molecule has 100 valence electrons. The Bertz CT molecular complexity index is 689. The van der Waals surface area contributed by atoms with Gasteiger partial charge in [0.05, 0.1) is 12.4 Å². The van der Waals surface area contributed by atoms with E-state index in [2.05, 4.69) is 9.97 Å². The zero-order chi connectivity index (χ0) is 14.1. The number of aromatic nitrogens is 2. The Hall–Kier alpha value is -2.46. The van der Waals surface area contributed by atoms with Crippen LogP contribution < -0.4 is 4.90 Å². The average Bonchev–Trinajstić information content (AvgIpc) is 2.94. The van der Waals surface area contributed by atoms with Gasteiger partial charge >= 0.3 is 5.97 Å². The van der Waals surface area contributed by atoms with E-state index in [1.165, 1.54) is 12.4 Å². The van der Waals surface area contributed by atoms with E-state index in [1.54, 1.807) is 16.2 Å². The van der Waals surface area contributed by atoms with Gasteiger partial charge in [-0.25, -0.2) is 14.8 Å². The average molecular weight is 286 g/mol. The van der Waals surface area contributed by atoms with Crippen LogP contribution in [0.1, 0.15) is 22.2 Å². The molecule has 0 amide bonds. The van der Waals surface area contributed by atoms with Gasteiger partial charge in [-0.05, 0) is 23.4 Å². The minimum absolute atomic E-state index is 0.217. The Morgan fingerprint density at radius 3 is 3.00 bits per heavy atom. The van der Waals surface area contributed by atoms with Crippen molar-refractivity contribution in [2.45, 2.75) is 12.5 Å². The van der Waals surface area contributed by atoms with Gasteiger partial charge in [-0.3, -0.25) is 0 Å². The minimum atomic E-state index is -0.907. The molecule has 20 heavy (non-hydrogen) atoms. The predicted molar refractivity (Wildman–Crippen MR) is 72.5 cm³/mol. The van der Waals surface area contributed by atoms with Crippen LogP contribution in [0, 0.1) is 11.3 Å².